The summed E-state index contributed by atoms with van der Waals surface area (Å²) in [5, 5.41) is 13.8. The van der Waals surface area contributed by atoms with Gasteiger partial charge in [0, 0.05) is 15.8 Å². The van der Waals surface area contributed by atoms with Gasteiger partial charge in [0.05, 0.1) is 39.7 Å². The fraction of sp³-hybridized carbons (Fsp3) is 0.333. The number of pyridine rings is 1. The van der Waals surface area contributed by atoms with E-state index in [4.69, 9.17) is 30.4 Å². The molecule has 0 atom stereocenters. The largest absolute Gasteiger partial charge is 0.493 e. The lowest BCUT2D eigenvalue weighted by Gasteiger charge is -2.16. The number of hydrogen-bond donors (Lipinski definition) is 3. The molecule has 0 aliphatic heterocycles. The minimum atomic E-state index is -0.507. The molecule has 0 saturated carbocycles. The fourth-order valence-electron chi connectivity index (χ4n) is 5.45. The summed E-state index contributed by atoms with van der Waals surface area (Å²) in [6.07, 6.45) is 5.77. The SMILES string of the molecule is COC(=O)c1c(NC(=O)c2sc3nc(N)c(C#N)c(-c4cc(OC)c(OC)c(OC)c4)c3c2N)sc2c1CCCCCC2. The van der Waals surface area contributed by atoms with Gasteiger partial charge in [0.25, 0.3) is 5.91 Å². The number of esters is 1. The number of nitrogens with two attached hydrogens (primary N) is 2. The Bertz CT molecular complexity index is 1760. The average molecular weight is 622 g/mol. The van der Waals surface area contributed by atoms with Crippen LogP contribution < -0.4 is 31.0 Å². The molecular weight excluding hydrogens is 590 g/mol. The number of aromatic nitrogens is 1. The van der Waals surface area contributed by atoms with E-state index < -0.39 is 11.9 Å². The minimum absolute atomic E-state index is 0.0157. The van der Waals surface area contributed by atoms with Crippen LogP contribution in [0.4, 0.5) is 16.5 Å². The number of benzene rings is 1. The van der Waals surface area contributed by atoms with Crippen LogP contribution in [-0.2, 0) is 17.6 Å². The van der Waals surface area contributed by atoms with E-state index in [1.165, 1.54) is 39.8 Å². The third-order valence-corrected chi connectivity index (χ3v) is 9.77. The van der Waals surface area contributed by atoms with Gasteiger partial charge in [-0.1, -0.05) is 12.8 Å². The van der Waals surface area contributed by atoms with E-state index in [1.807, 2.05) is 0 Å². The Morgan fingerprint density at radius 1 is 0.977 bits per heavy atom. The number of nitrogens with one attached hydrogen (secondary N) is 1. The quantitative estimate of drug-likeness (QED) is 0.215. The molecule has 1 amide bonds. The number of methoxy groups -OCH3 is 4. The van der Waals surface area contributed by atoms with Crippen molar-refractivity contribution in [3.8, 4) is 34.4 Å². The number of rotatable bonds is 7. The van der Waals surface area contributed by atoms with Crippen LogP contribution in [-0.4, -0.2) is 45.3 Å². The molecule has 0 fully saturated rings. The third kappa shape index (κ3) is 5.28. The molecule has 1 aliphatic carbocycles. The van der Waals surface area contributed by atoms with E-state index >= 15 is 0 Å². The molecule has 224 valence electrons. The predicted molar refractivity (Wildman–Crippen MR) is 168 cm³/mol. The highest BCUT2D eigenvalue weighted by Gasteiger charge is 2.29. The number of ether oxygens (including phenoxy) is 4. The number of thiophene rings is 2. The molecule has 0 saturated heterocycles. The summed E-state index contributed by atoms with van der Waals surface area (Å²) < 4.78 is 21.6. The molecule has 4 aromatic rings. The molecule has 13 heteroatoms. The number of carbonyl (C=O) groups excluding carboxylic acids is 2. The molecule has 0 spiro atoms. The van der Waals surface area contributed by atoms with Gasteiger partial charge in [0.2, 0.25) is 5.75 Å². The molecule has 0 unspecified atom stereocenters. The third-order valence-electron chi connectivity index (χ3n) is 7.46. The molecule has 0 radical (unpaired) electrons. The second kappa shape index (κ2) is 12.4. The fourth-order valence-corrected chi connectivity index (χ4v) is 7.73. The number of hydrogen-bond acceptors (Lipinski definition) is 12. The first kappa shape index (κ1) is 29.9. The van der Waals surface area contributed by atoms with Gasteiger partial charge in [-0.3, -0.25) is 4.79 Å². The van der Waals surface area contributed by atoms with E-state index in [0.717, 1.165) is 60.3 Å². The number of fused-ring (bicyclic) bond motifs is 2. The van der Waals surface area contributed by atoms with Crippen molar-refractivity contribution in [2.75, 3.05) is 45.2 Å². The Balaban J connectivity index is 1.66. The van der Waals surface area contributed by atoms with Gasteiger partial charge < -0.3 is 35.7 Å². The van der Waals surface area contributed by atoms with Crippen LogP contribution in [0.5, 0.6) is 17.2 Å². The first-order valence-corrected chi connectivity index (χ1v) is 15.2. The van der Waals surface area contributed by atoms with Crippen molar-refractivity contribution in [1.82, 2.24) is 4.98 Å². The first-order chi connectivity index (χ1) is 20.8. The highest BCUT2D eigenvalue weighted by Crippen LogP contribution is 2.47. The minimum Gasteiger partial charge on any atom is -0.493 e. The average Bonchev–Trinajstić information content (AvgIpc) is 3.50. The second-order valence-corrected chi connectivity index (χ2v) is 12.0. The topological polar surface area (TPSA) is 172 Å². The van der Waals surface area contributed by atoms with Crippen LogP contribution in [0.1, 0.15) is 61.7 Å². The van der Waals surface area contributed by atoms with Gasteiger partial charge >= 0.3 is 5.97 Å². The van der Waals surface area contributed by atoms with Crippen LogP contribution in [0, 0.1) is 11.3 Å². The van der Waals surface area contributed by atoms with Crippen molar-refractivity contribution in [2.24, 2.45) is 0 Å². The van der Waals surface area contributed by atoms with Crippen LogP contribution >= 0.6 is 22.7 Å². The summed E-state index contributed by atoms with van der Waals surface area (Å²) in [5.74, 6) is 0.0795. The van der Waals surface area contributed by atoms with Crippen molar-refractivity contribution < 1.29 is 28.5 Å². The molecule has 3 aromatic heterocycles. The molecule has 1 aliphatic rings. The van der Waals surface area contributed by atoms with Gasteiger partial charge in [-0.15, -0.1) is 22.7 Å². The highest BCUT2D eigenvalue weighted by molar-refractivity contribution is 7.21. The monoisotopic (exact) mass is 621 g/mol. The Kier molecular flexibility index (Phi) is 8.61. The van der Waals surface area contributed by atoms with Crippen molar-refractivity contribution in [2.45, 2.75) is 38.5 Å². The van der Waals surface area contributed by atoms with Gasteiger partial charge in [-0.25, -0.2) is 9.78 Å². The van der Waals surface area contributed by atoms with E-state index in [9.17, 15) is 14.9 Å². The zero-order valence-corrected chi connectivity index (χ0v) is 25.8. The molecule has 0 bridgehead atoms. The van der Waals surface area contributed by atoms with Crippen molar-refractivity contribution in [1.29, 1.82) is 5.26 Å². The Labute approximate surface area is 256 Å². The van der Waals surface area contributed by atoms with Crippen molar-refractivity contribution in [3.63, 3.8) is 0 Å². The first-order valence-electron chi connectivity index (χ1n) is 13.5. The molecule has 43 heavy (non-hydrogen) atoms. The maximum Gasteiger partial charge on any atom is 0.341 e. The second-order valence-electron chi connectivity index (χ2n) is 9.87. The standard InChI is InChI=1S/C30H31N5O6S2/c1-38-17-11-14(12-18(39-2)24(17)40-3)20-16(13-31)26(33)34-29-22(20)23(32)25(43-29)27(36)35-28-21(30(37)41-4)15-9-7-5-6-8-10-19(15)42-28/h11-12H,5-10,32H2,1-4H3,(H2,33,34)(H,35,36). The van der Waals surface area contributed by atoms with Gasteiger partial charge in [0.15, 0.2) is 11.5 Å². The van der Waals surface area contributed by atoms with Gasteiger partial charge in [-0.2, -0.15) is 5.26 Å². The summed E-state index contributed by atoms with van der Waals surface area (Å²) in [4.78, 5) is 32.7. The maximum absolute atomic E-state index is 13.8. The lowest BCUT2D eigenvalue weighted by Crippen LogP contribution is -2.15. The lowest BCUT2D eigenvalue weighted by atomic mass is 9.96. The smallest absolute Gasteiger partial charge is 0.341 e. The summed E-state index contributed by atoms with van der Waals surface area (Å²) in [6.45, 7) is 0. The number of nitrogens with zero attached hydrogens (tertiary/aromatic N) is 2. The zero-order valence-electron chi connectivity index (χ0n) is 24.2. The Hall–Kier alpha value is -4.54. The number of anilines is 3. The number of amides is 1. The maximum atomic E-state index is 13.8. The Morgan fingerprint density at radius 3 is 2.26 bits per heavy atom. The number of nitriles is 1. The van der Waals surface area contributed by atoms with Crippen molar-refractivity contribution in [3.05, 3.63) is 38.6 Å². The van der Waals surface area contributed by atoms with Crippen molar-refractivity contribution >= 4 is 61.3 Å². The molecule has 5 rings (SSSR count). The number of aryl methyl sites for hydroxylation is 1. The van der Waals surface area contributed by atoms with Gasteiger partial charge in [-0.05, 0) is 48.9 Å². The zero-order chi connectivity index (χ0) is 30.8. The van der Waals surface area contributed by atoms with Crippen LogP contribution in [0.3, 0.4) is 0 Å². The predicted octanol–water partition coefficient (Wildman–Crippen LogP) is 5.78. The summed E-state index contributed by atoms with van der Waals surface area (Å²) in [7, 11) is 5.79. The molecule has 5 N–H and O–H groups in total. The summed E-state index contributed by atoms with van der Waals surface area (Å²) >= 11 is 2.44. The molecule has 1 aromatic carbocycles. The van der Waals surface area contributed by atoms with Crippen LogP contribution in [0.25, 0.3) is 21.3 Å². The lowest BCUT2D eigenvalue weighted by molar-refractivity contribution is 0.0601. The van der Waals surface area contributed by atoms with E-state index in [2.05, 4.69) is 16.4 Å². The summed E-state index contributed by atoms with van der Waals surface area (Å²) in [5.41, 5.74) is 15.3. The number of carbonyl (C=O) groups is 2. The van der Waals surface area contributed by atoms with E-state index in [-0.39, 0.29) is 21.9 Å². The molecule has 11 nitrogen and oxygen atoms in total. The van der Waals surface area contributed by atoms with Crippen LogP contribution in [0.2, 0.25) is 0 Å². The van der Waals surface area contributed by atoms with E-state index in [0.29, 0.717) is 49.2 Å². The summed E-state index contributed by atoms with van der Waals surface area (Å²) in [6, 6.07) is 5.48. The Morgan fingerprint density at radius 2 is 1.65 bits per heavy atom. The molecule has 3 heterocycles. The number of nitrogen functional groups attached to an aromatic ring is 2. The highest BCUT2D eigenvalue weighted by atomic mass is 32.1. The molecular formula is C30H31N5O6S2. The normalized spacial score (nSPS) is 12.9. The van der Waals surface area contributed by atoms with Crippen LogP contribution in [0.15, 0.2) is 12.1 Å². The van der Waals surface area contributed by atoms with Gasteiger partial charge in [0.1, 0.15) is 32.2 Å². The van der Waals surface area contributed by atoms with E-state index in [1.54, 1.807) is 12.1 Å².